The van der Waals surface area contributed by atoms with Crippen LogP contribution in [0.3, 0.4) is 0 Å². The number of aromatic nitrogens is 2. The predicted octanol–water partition coefficient (Wildman–Crippen LogP) is 3.84. The van der Waals surface area contributed by atoms with Gasteiger partial charge in [-0.1, -0.05) is 42.5 Å². The number of nitrogen functional groups attached to an aromatic ring is 1. The zero-order valence-electron chi connectivity index (χ0n) is 14.8. The fraction of sp³-hybridized carbons (Fsp3) is 0. The number of anilines is 1. The Balaban J connectivity index is 1.67. The topological polar surface area (TPSA) is 104 Å². The van der Waals surface area contributed by atoms with Crippen molar-refractivity contribution in [3.8, 4) is 5.88 Å². The Hall–Kier alpha value is -3.17. The monoisotopic (exact) mass is 471 g/mol. The van der Waals surface area contributed by atoms with E-state index >= 15 is 0 Å². The summed E-state index contributed by atoms with van der Waals surface area (Å²) < 4.78 is 32.4. The second-order valence-electron chi connectivity index (χ2n) is 6.13. The molecule has 146 valence electrons. The molecule has 29 heavy (non-hydrogen) atoms. The SMILES string of the molecule is Nc1cc(OC(=O)c2ccccc2Br)nn1S(=O)(=O)c1ccc2ccccc2c1. The molecule has 0 aliphatic carbocycles. The molecule has 4 rings (SSSR count). The van der Waals surface area contributed by atoms with E-state index in [1.54, 1.807) is 36.4 Å². The number of hydrogen-bond donors (Lipinski definition) is 1. The molecule has 0 amide bonds. The van der Waals surface area contributed by atoms with E-state index in [4.69, 9.17) is 10.5 Å². The molecule has 0 saturated carbocycles. The molecule has 1 heterocycles. The zero-order chi connectivity index (χ0) is 20.6. The first kappa shape index (κ1) is 19.2. The van der Waals surface area contributed by atoms with Gasteiger partial charge in [-0.2, -0.15) is 8.42 Å². The number of carbonyl (C=O) groups excluding carboxylic acids is 1. The smallest absolute Gasteiger partial charge is 0.346 e. The first-order chi connectivity index (χ1) is 13.9. The maximum Gasteiger partial charge on any atom is 0.346 e. The van der Waals surface area contributed by atoms with Crippen LogP contribution in [0.15, 0.2) is 82.2 Å². The number of nitrogens with zero attached hydrogens (tertiary/aromatic N) is 2. The van der Waals surface area contributed by atoms with Gasteiger partial charge in [0.1, 0.15) is 5.82 Å². The van der Waals surface area contributed by atoms with E-state index in [-0.39, 0.29) is 22.2 Å². The lowest BCUT2D eigenvalue weighted by atomic mass is 10.1. The number of halogens is 1. The summed E-state index contributed by atoms with van der Waals surface area (Å²) in [5, 5.41) is 5.55. The van der Waals surface area contributed by atoms with Gasteiger partial charge in [0, 0.05) is 10.5 Å². The molecule has 0 radical (unpaired) electrons. The largest absolute Gasteiger partial charge is 0.402 e. The standard InChI is InChI=1S/C20H14BrN3O4S/c21-17-8-4-3-7-16(17)20(25)28-19-12-18(22)24(23-19)29(26,27)15-10-9-13-5-1-2-6-14(13)11-15/h1-12H,22H2. The van der Waals surface area contributed by atoms with Crippen LogP contribution >= 0.6 is 15.9 Å². The molecular weight excluding hydrogens is 458 g/mol. The van der Waals surface area contributed by atoms with Crippen LogP contribution in [-0.4, -0.2) is 23.6 Å². The van der Waals surface area contributed by atoms with Gasteiger partial charge in [0.25, 0.3) is 10.0 Å². The van der Waals surface area contributed by atoms with Crippen LogP contribution in [-0.2, 0) is 10.0 Å². The summed E-state index contributed by atoms with van der Waals surface area (Å²) in [7, 11) is -4.07. The van der Waals surface area contributed by atoms with Gasteiger partial charge in [-0.15, -0.1) is 9.19 Å². The Morgan fingerprint density at radius 1 is 0.966 bits per heavy atom. The van der Waals surface area contributed by atoms with E-state index in [1.165, 1.54) is 12.1 Å². The van der Waals surface area contributed by atoms with Gasteiger partial charge in [-0.05, 0) is 51.0 Å². The average molecular weight is 472 g/mol. The van der Waals surface area contributed by atoms with Gasteiger partial charge < -0.3 is 10.5 Å². The third-order valence-corrected chi connectivity index (χ3v) is 6.51. The lowest BCUT2D eigenvalue weighted by Gasteiger charge is -2.07. The van der Waals surface area contributed by atoms with Crippen LogP contribution in [0.25, 0.3) is 10.8 Å². The summed E-state index contributed by atoms with van der Waals surface area (Å²) in [6.45, 7) is 0. The molecule has 7 nitrogen and oxygen atoms in total. The quantitative estimate of drug-likeness (QED) is 0.453. The number of benzene rings is 3. The Bertz CT molecular complexity index is 1350. The minimum atomic E-state index is -4.07. The lowest BCUT2D eigenvalue weighted by molar-refractivity contribution is 0.0726. The second kappa shape index (κ2) is 7.34. The van der Waals surface area contributed by atoms with Crippen molar-refractivity contribution >= 4 is 48.5 Å². The molecule has 0 spiro atoms. The molecule has 1 aromatic heterocycles. The number of fused-ring (bicyclic) bond motifs is 1. The molecule has 3 aromatic carbocycles. The number of hydrogen-bond acceptors (Lipinski definition) is 6. The molecule has 0 aliphatic heterocycles. The number of esters is 1. The lowest BCUT2D eigenvalue weighted by Crippen LogP contribution is -2.17. The van der Waals surface area contributed by atoms with Crippen LogP contribution in [0.4, 0.5) is 5.82 Å². The molecule has 9 heteroatoms. The van der Waals surface area contributed by atoms with Gasteiger partial charge in [0.05, 0.1) is 10.5 Å². The fourth-order valence-corrected chi connectivity index (χ4v) is 4.49. The van der Waals surface area contributed by atoms with Crippen LogP contribution in [0.2, 0.25) is 0 Å². The third-order valence-electron chi connectivity index (χ3n) is 4.22. The van der Waals surface area contributed by atoms with Crippen LogP contribution in [0, 0.1) is 0 Å². The van der Waals surface area contributed by atoms with Gasteiger partial charge in [0.15, 0.2) is 0 Å². The van der Waals surface area contributed by atoms with Crippen molar-refractivity contribution < 1.29 is 17.9 Å². The molecular formula is C20H14BrN3O4S. The van der Waals surface area contributed by atoms with E-state index in [0.29, 0.717) is 8.56 Å². The summed E-state index contributed by atoms with van der Waals surface area (Å²) in [5.41, 5.74) is 6.12. The van der Waals surface area contributed by atoms with Crippen molar-refractivity contribution in [2.24, 2.45) is 0 Å². The zero-order valence-corrected chi connectivity index (χ0v) is 17.2. The minimum absolute atomic E-state index is 0.0229. The molecule has 0 aliphatic rings. The van der Waals surface area contributed by atoms with Crippen molar-refractivity contribution in [3.63, 3.8) is 0 Å². The summed E-state index contributed by atoms with van der Waals surface area (Å²) >= 11 is 3.26. The van der Waals surface area contributed by atoms with Gasteiger partial charge in [0.2, 0.25) is 5.88 Å². The minimum Gasteiger partial charge on any atom is -0.402 e. The molecule has 0 atom stereocenters. The highest BCUT2D eigenvalue weighted by Gasteiger charge is 2.24. The maximum absolute atomic E-state index is 13.0. The summed E-state index contributed by atoms with van der Waals surface area (Å²) in [5.74, 6) is -1.08. The Kier molecular flexibility index (Phi) is 4.85. The Morgan fingerprint density at radius 3 is 2.41 bits per heavy atom. The highest BCUT2D eigenvalue weighted by atomic mass is 79.9. The molecule has 2 N–H and O–H groups in total. The van der Waals surface area contributed by atoms with Crippen LogP contribution in [0.5, 0.6) is 5.88 Å². The number of rotatable bonds is 4. The van der Waals surface area contributed by atoms with Crippen molar-refractivity contribution in [2.75, 3.05) is 5.73 Å². The van der Waals surface area contributed by atoms with Crippen molar-refractivity contribution in [3.05, 3.63) is 82.8 Å². The van der Waals surface area contributed by atoms with E-state index in [2.05, 4.69) is 21.0 Å². The molecule has 0 bridgehead atoms. The first-order valence-corrected chi connectivity index (χ1v) is 10.7. The maximum atomic E-state index is 13.0. The summed E-state index contributed by atoms with van der Waals surface area (Å²) in [4.78, 5) is 12.4. The van der Waals surface area contributed by atoms with Gasteiger partial charge in [-0.25, -0.2) is 4.79 Å². The first-order valence-electron chi connectivity index (χ1n) is 8.43. The third kappa shape index (κ3) is 3.62. The Morgan fingerprint density at radius 2 is 1.66 bits per heavy atom. The van der Waals surface area contributed by atoms with E-state index < -0.39 is 16.0 Å². The van der Waals surface area contributed by atoms with Crippen molar-refractivity contribution in [2.45, 2.75) is 4.90 Å². The average Bonchev–Trinajstić information content (AvgIpc) is 3.08. The van der Waals surface area contributed by atoms with Crippen LogP contribution < -0.4 is 10.5 Å². The van der Waals surface area contributed by atoms with Gasteiger partial charge >= 0.3 is 5.97 Å². The summed E-state index contributed by atoms with van der Waals surface area (Å²) in [6.07, 6.45) is 0. The second-order valence-corrected chi connectivity index (χ2v) is 8.76. The summed E-state index contributed by atoms with van der Waals surface area (Å²) in [6, 6.07) is 20.0. The van der Waals surface area contributed by atoms with Gasteiger partial charge in [-0.3, -0.25) is 0 Å². The number of ether oxygens (including phenoxy) is 1. The van der Waals surface area contributed by atoms with E-state index in [1.807, 2.05) is 24.3 Å². The normalized spacial score (nSPS) is 11.5. The molecule has 0 saturated heterocycles. The van der Waals surface area contributed by atoms with Crippen molar-refractivity contribution in [1.82, 2.24) is 9.19 Å². The van der Waals surface area contributed by atoms with Crippen molar-refractivity contribution in [1.29, 1.82) is 0 Å². The Labute approximate surface area is 174 Å². The van der Waals surface area contributed by atoms with E-state index in [0.717, 1.165) is 10.8 Å². The number of nitrogens with two attached hydrogens (primary N) is 1. The molecule has 0 fully saturated rings. The van der Waals surface area contributed by atoms with E-state index in [9.17, 15) is 13.2 Å². The predicted molar refractivity (Wildman–Crippen MR) is 112 cm³/mol. The van der Waals surface area contributed by atoms with Crippen LogP contribution in [0.1, 0.15) is 10.4 Å². The highest BCUT2D eigenvalue weighted by molar-refractivity contribution is 9.10. The highest BCUT2D eigenvalue weighted by Crippen LogP contribution is 2.25. The molecule has 4 aromatic rings. The fourth-order valence-electron chi connectivity index (χ4n) is 2.80. The number of carbonyl (C=O) groups is 1. The molecule has 0 unspecified atom stereocenters.